The molecule has 2 aromatic rings. The molecule has 1 aromatic heterocycles. The molecule has 2 rings (SSSR count). The summed E-state index contributed by atoms with van der Waals surface area (Å²) < 4.78 is 0. The second-order valence-corrected chi connectivity index (χ2v) is 4.62. The molecule has 0 amide bonds. The number of hydrogen-bond donors (Lipinski definition) is 1. The topological polar surface area (TPSA) is 50.2 Å². The van der Waals surface area contributed by atoms with Crippen LogP contribution in [0.15, 0.2) is 29.6 Å². The Morgan fingerprint density at radius 3 is 2.56 bits per heavy atom. The van der Waals surface area contributed by atoms with E-state index in [1.807, 2.05) is 12.1 Å². The Morgan fingerprint density at radius 1 is 1.33 bits per heavy atom. The van der Waals surface area contributed by atoms with Crippen LogP contribution in [0.25, 0.3) is 10.6 Å². The van der Waals surface area contributed by atoms with Crippen molar-refractivity contribution >= 4 is 17.3 Å². The molecule has 0 radical (unpaired) electrons. The molecule has 0 aliphatic rings. The van der Waals surface area contributed by atoms with Crippen molar-refractivity contribution in [3.63, 3.8) is 0 Å². The Labute approximate surface area is 132 Å². The predicted molar refractivity (Wildman–Crippen MR) is 68.3 cm³/mol. The number of hydrogen-bond acceptors (Lipinski definition) is 3. The zero-order chi connectivity index (χ0) is 12.3. The van der Waals surface area contributed by atoms with Gasteiger partial charge in [-0.1, -0.05) is 31.2 Å². The number of aliphatic carboxylic acids is 1. The summed E-state index contributed by atoms with van der Waals surface area (Å²) in [5.41, 5.74) is 2.96. The molecule has 3 nitrogen and oxygen atoms in total. The van der Waals surface area contributed by atoms with Gasteiger partial charge in [0.2, 0.25) is 0 Å². The summed E-state index contributed by atoms with van der Waals surface area (Å²) in [5.74, 6) is -0.844. The first-order chi connectivity index (χ1) is 8.19. The second kappa shape index (κ2) is 7.04. The summed E-state index contributed by atoms with van der Waals surface area (Å²) in [6, 6.07) is 8.21. The Balaban J connectivity index is 0.00000162. The molecule has 0 bridgehead atoms. The molecule has 0 aliphatic carbocycles. The van der Waals surface area contributed by atoms with Gasteiger partial charge in [0, 0.05) is 10.9 Å². The normalized spacial score (nSPS) is 9.83. The van der Waals surface area contributed by atoms with Crippen LogP contribution in [-0.4, -0.2) is 16.1 Å². The summed E-state index contributed by atoms with van der Waals surface area (Å²) in [7, 11) is 0. The monoisotopic (exact) mass is 270 g/mol. The van der Waals surface area contributed by atoms with E-state index >= 15 is 0 Å². The zero-order valence-electron chi connectivity index (χ0n) is 10.5. The first-order valence-corrected chi connectivity index (χ1v) is 6.32. The standard InChI is InChI=1S/C13H13NO2S.Na/c1-2-9-3-5-10(6-4-9)13-14-11(8-17-13)7-12(15)16;/h3-6,8H,2,7H2,1H3,(H,15,16);/q;+1. The third-order valence-electron chi connectivity index (χ3n) is 2.49. The van der Waals surface area contributed by atoms with E-state index < -0.39 is 5.97 Å². The van der Waals surface area contributed by atoms with Gasteiger partial charge in [0.15, 0.2) is 0 Å². The maximum atomic E-state index is 10.6. The number of carbonyl (C=O) groups is 1. The average Bonchev–Trinajstić information content (AvgIpc) is 2.77. The SMILES string of the molecule is CCc1ccc(-c2nc(CC(=O)O)cs2)cc1.[Na+]. The van der Waals surface area contributed by atoms with Gasteiger partial charge in [-0.3, -0.25) is 4.79 Å². The van der Waals surface area contributed by atoms with Gasteiger partial charge >= 0.3 is 35.5 Å². The number of benzene rings is 1. The maximum absolute atomic E-state index is 10.6. The molecule has 1 aromatic carbocycles. The van der Waals surface area contributed by atoms with E-state index in [4.69, 9.17) is 5.11 Å². The minimum atomic E-state index is -0.844. The molecular weight excluding hydrogens is 257 g/mol. The van der Waals surface area contributed by atoms with Gasteiger partial charge in [-0.05, 0) is 12.0 Å². The molecule has 18 heavy (non-hydrogen) atoms. The van der Waals surface area contributed by atoms with Crippen molar-refractivity contribution in [2.75, 3.05) is 0 Å². The average molecular weight is 270 g/mol. The maximum Gasteiger partial charge on any atom is 1.00 e. The van der Waals surface area contributed by atoms with Crippen molar-refractivity contribution in [2.24, 2.45) is 0 Å². The van der Waals surface area contributed by atoms with E-state index in [1.165, 1.54) is 16.9 Å². The molecular formula is C13H13NNaO2S+. The number of thiazole rings is 1. The van der Waals surface area contributed by atoms with Crippen LogP contribution in [0.4, 0.5) is 0 Å². The van der Waals surface area contributed by atoms with Crippen LogP contribution >= 0.6 is 11.3 Å². The molecule has 1 N–H and O–H groups in total. The molecule has 0 saturated heterocycles. The third-order valence-corrected chi connectivity index (χ3v) is 3.43. The summed E-state index contributed by atoms with van der Waals surface area (Å²) in [6.07, 6.45) is 1.01. The Kier molecular flexibility index (Phi) is 6.02. The van der Waals surface area contributed by atoms with Gasteiger partial charge in [0.05, 0.1) is 12.1 Å². The van der Waals surface area contributed by atoms with E-state index in [-0.39, 0.29) is 36.0 Å². The van der Waals surface area contributed by atoms with Crippen LogP contribution in [-0.2, 0) is 17.6 Å². The van der Waals surface area contributed by atoms with E-state index in [2.05, 4.69) is 24.0 Å². The summed E-state index contributed by atoms with van der Waals surface area (Å²) in [6.45, 7) is 2.11. The number of aromatic nitrogens is 1. The van der Waals surface area contributed by atoms with E-state index in [1.54, 1.807) is 5.38 Å². The molecule has 0 atom stereocenters. The minimum Gasteiger partial charge on any atom is -0.481 e. The molecule has 0 aliphatic heterocycles. The van der Waals surface area contributed by atoms with Crippen LogP contribution in [0.2, 0.25) is 0 Å². The number of carboxylic acids is 1. The number of aryl methyl sites for hydroxylation is 1. The Morgan fingerprint density at radius 2 is 2.00 bits per heavy atom. The van der Waals surface area contributed by atoms with Crippen LogP contribution < -0.4 is 29.6 Å². The minimum absolute atomic E-state index is 0. The first kappa shape index (κ1) is 15.4. The van der Waals surface area contributed by atoms with Gasteiger partial charge in [0.1, 0.15) is 5.01 Å². The molecule has 5 heteroatoms. The fourth-order valence-electron chi connectivity index (χ4n) is 1.56. The second-order valence-electron chi connectivity index (χ2n) is 3.76. The smallest absolute Gasteiger partial charge is 0.481 e. The van der Waals surface area contributed by atoms with Crippen molar-refractivity contribution in [2.45, 2.75) is 19.8 Å². The molecule has 1 heterocycles. The van der Waals surface area contributed by atoms with E-state index in [0.717, 1.165) is 17.0 Å². The fourth-order valence-corrected chi connectivity index (χ4v) is 2.38. The Bertz CT molecular complexity index is 522. The van der Waals surface area contributed by atoms with Crippen LogP contribution in [0.1, 0.15) is 18.2 Å². The third kappa shape index (κ3) is 3.92. The predicted octanol–water partition coefficient (Wildman–Crippen LogP) is 0.00360. The van der Waals surface area contributed by atoms with Gasteiger partial charge < -0.3 is 5.11 Å². The molecule has 0 fully saturated rings. The number of rotatable bonds is 4. The quantitative estimate of drug-likeness (QED) is 0.796. The van der Waals surface area contributed by atoms with E-state index in [9.17, 15) is 4.79 Å². The fraction of sp³-hybridized carbons (Fsp3) is 0.231. The molecule has 88 valence electrons. The van der Waals surface area contributed by atoms with Crippen LogP contribution in [0.5, 0.6) is 0 Å². The molecule has 0 saturated carbocycles. The summed E-state index contributed by atoms with van der Waals surface area (Å²) >= 11 is 1.48. The molecule has 0 unspecified atom stereocenters. The number of nitrogens with zero attached hydrogens (tertiary/aromatic N) is 1. The largest absolute Gasteiger partial charge is 1.00 e. The van der Waals surface area contributed by atoms with Gasteiger partial charge in [-0.25, -0.2) is 4.98 Å². The van der Waals surface area contributed by atoms with Crippen molar-refractivity contribution in [3.05, 3.63) is 40.9 Å². The number of carboxylic acid groups (broad SMARTS) is 1. The van der Waals surface area contributed by atoms with Crippen molar-refractivity contribution in [3.8, 4) is 10.6 Å². The van der Waals surface area contributed by atoms with Crippen molar-refractivity contribution in [1.29, 1.82) is 0 Å². The molecule has 0 spiro atoms. The van der Waals surface area contributed by atoms with Gasteiger partial charge in [0.25, 0.3) is 0 Å². The summed E-state index contributed by atoms with van der Waals surface area (Å²) in [4.78, 5) is 14.9. The van der Waals surface area contributed by atoms with Crippen molar-refractivity contribution in [1.82, 2.24) is 4.98 Å². The first-order valence-electron chi connectivity index (χ1n) is 5.44. The van der Waals surface area contributed by atoms with Crippen LogP contribution in [0, 0.1) is 0 Å². The summed E-state index contributed by atoms with van der Waals surface area (Å²) in [5, 5.41) is 11.4. The Hall–Kier alpha value is -0.680. The van der Waals surface area contributed by atoms with E-state index in [0.29, 0.717) is 5.69 Å². The zero-order valence-corrected chi connectivity index (χ0v) is 13.3. The van der Waals surface area contributed by atoms with Gasteiger partial charge in [-0.2, -0.15) is 0 Å². The van der Waals surface area contributed by atoms with Crippen LogP contribution in [0.3, 0.4) is 0 Å². The van der Waals surface area contributed by atoms with Gasteiger partial charge in [-0.15, -0.1) is 11.3 Å². The van der Waals surface area contributed by atoms with Crippen molar-refractivity contribution < 1.29 is 39.5 Å².